The highest BCUT2D eigenvalue weighted by Crippen LogP contribution is 2.47. The van der Waals surface area contributed by atoms with Crippen molar-refractivity contribution in [3.8, 4) is 5.75 Å². The molecule has 1 N–H and O–H groups in total. The number of halogens is 1. The Morgan fingerprint density at radius 2 is 2.05 bits per heavy atom. The highest BCUT2D eigenvalue weighted by molar-refractivity contribution is 7.75. The third kappa shape index (κ3) is 5.63. The van der Waals surface area contributed by atoms with Gasteiger partial charge in [-0.1, -0.05) is 36.7 Å². The Morgan fingerprint density at radius 1 is 1.21 bits per heavy atom. The van der Waals surface area contributed by atoms with E-state index >= 15 is 0 Å². The van der Waals surface area contributed by atoms with E-state index in [0.717, 1.165) is 61.7 Å². The Balaban J connectivity index is 1.44. The number of rotatable bonds is 1. The Hall–Kier alpha value is -2.39. The molecular weight excluding hydrogens is 572 g/mol. The van der Waals surface area contributed by atoms with Crippen molar-refractivity contribution in [3.63, 3.8) is 0 Å². The van der Waals surface area contributed by atoms with Crippen LogP contribution < -0.4 is 9.64 Å². The van der Waals surface area contributed by atoms with Gasteiger partial charge in [-0.25, -0.2) is 0 Å². The van der Waals surface area contributed by atoms with Crippen LogP contribution in [0.5, 0.6) is 5.75 Å². The van der Waals surface area contributed by atoms with Crippen LogP contribution in [0.25, 0.3) is 0 Å². The largest absolute Gasteiger partial charge is 0.490 e. The molecule has 226 valence electrons. The first-order chi connectivity index (χ1) is 20.1. The second-order valence-electron chi connectivity index (χ2n) is 12.9. The Morgan fingerprint density at radius 3 is 2.81 bits per heavy atom. The summed E-state index contributed by atoms with van der Waals surface area (Å²) in [6.07, 6.45) is 8.76. The van der Waals surface area contributed by atoms with Gasteiger partial charge in [-0.3, -0.25) is 9.00 Å². The maximum atomic E-state index is 13.2. The summed E-state index contributed by atoms with van der Waals surface area (Å²) in [4.78, 5) is 15.6. The number of benzene rings is 2. The van der Waals surface area contributed by atoms with Crippen molar-refractivity contribution >= 4 is 33.8 Å². The van der Waals surface area contributed by atoms with Crippen molar-refractivity contribution in [1.82, 2.24) is 0 Å². The lowest BCUT2D eigenvalue weighted by atomic mass is 9.68. The van der Waals surface area contributed by atoms with Gasteiger partial charge in [0.25, 0.3) is 5.91 Å². The Bertz CT molecular complexity index is 1480. The molecule has 7 atom stereocenters. The van der Waals surface area contributed by atoms with E-state index in [9.17, 15) is 14.1 Å². The van der Waals surface area contributed by atoms with Crippen molar-refractivity contribution in [1.29, 1.82) is 0 Å². The smallest absolute Gasteiger partial charge is 0.284 e. The van der Waals surface area contributed by atoms with Gasteiger partial charge in [-0.05, 0) is 92.3 Å². The van der Waals surface area contributed by atoms with E-state index < -0.39 is 22.1 Å². The molecule has 2 aliphatic carbocycles. The second kappa shape index (κ2) is 11.6. The van der Waals surface area contributed by atoms with Gasteiger partial charge < -0.3 is 19.5 Å². The maximum Gasteiger partial charge on any atom is 0.284 e. The normalized spacial score (nSPS) is 36.0. The number of thiol groups is 1. The molecule has 1 unspecified atom stereocenters. The minimum Gasteiger partial charge on any atom is -0.490 e. The topological polar surface area (TPSA) is 88.4 Å². The zero-order valence-electron chi connectivity index (χ0n) is 24.6. The molecule has 1 fully saturated rings. The molecule has 0 saturated heterocycles. The fraction of sp³-hybridized carbons (Fsp3) is 0.545. The number of hydrogen-bond donors (Lipinski definition) is 2. The molecule has 7 nitrogen and oxygen atoms in total. The maximum absolute atomic E-state index is 13.2. The summed E-state index contributed by atoms with van der Waals surface area (Å²) < 4.78 is 29.5. The van der Waals surface area contributed by atoms with Crippen LogP contribution in [0.4, 0.5) is 5.69 Å². The summed E-state index contributed by atoms with van der Waals surface area (Å²) in [5.74, 6) is 0.641. The Kier molecular flexibility index (Phi) is 8.20. The molecule has 2 aliphatic heterocycles. The predicted molar refractivity (Wildman–Crippen MR) is 167 cm³/mol. The van der Waals surface area contributed by atoms with Crippen molar-refractivity contribution in [2.24, 2.45) is 22.1 Å². The molecular formula is C33H41ClN2O5S. The zero-order chi connectivity index (χ0) is 29.6. The molecule has 0 aromatic heterocycles. The number of ether oxygens (including phenoxy) is 2. The van der Waals surface area contributed by atoms with Crippen LogP contribution in [0, 0.1) is 17.8 Å². The summed E-state index contributed by atoms with van der Waals surface area (Å²) in [7, 11) is -0.477. The molecule has 1 spiro atoms. The number of carbonyl (C=O) groups excluding carboxylic acids is 1. The van der Waals surface area contributed by atoms with E-state index in [1.54, 1.807) is 26.2 Å². The van der Waals surface area contributed by atoms with Crippen LogP contribution in [-0.4, -0.2) is 59.5 Å². The van der Waals surface area contributed by atoms with E-state index in [2.05, 4.69) is 21.4 Å². The van der Waals surface area contributed by atoms with E-state index in [4.69, 9.17) is 21.1 Å². The number of amides is 1. The van der Waals surface area contributed by atoms with Crippen molar-refractivity contribution in [2.75, 3.05) is 37.5 Å². The number of nitrogens with zero attached hydrogens (tertiary/aromatic N) is 2. The summed E-state index contributed by atoms with van der Waals surface area (Å²) in [6, 6.07) is 11.7. The minimum atomic E-state index is -2.20. The van der Waals surface area contributed by atoms with E-state index in [0.29, 0.717) is 24.0 Å². The third-order valence-electron chi connectivity index (χ3n) is 10.2. The third-order valence-corrected chi connectivity index (χ3v) is 11.7. The average Bonchev–Trinajstić information content (AvgIpc) is 3.09. The fourth-order valence-electron chi connectivity index (χ4n) is 7.25. The second-order valence-corrected chi connectivity index (χ2v) is 14.6. The molecule has 42 heavy (non-hydrogen) atoms. The first-order valence-electron chi connectivity index (χ1n) is 15.0. The van der Waals surface area contributed by atoms with Gasteiger partial charge in [0, 0.05) is 58.5 Å². The molecule has 2 heterocycles. The molecule has 1 amide bonds. The van der Waals surface area contributed by atoms with Crippen LogP contribution in [0.15, 0.2) is 52.9 Å². The number of aliphatic hydroxyl groups is 1. The lowest BCUT2D eigenvalue weighted by Crippen LogP contribution is -2.49. The summed E-state index contributed by atoms with van der Waals surface area (Å²) in [6.45, 7) is 5.62. The lowest BCUT2D eigenvalue weighted by Gasteiger charge is -2.46. The number of carbonyl (C=O) groups is 1. The first kappa shape index (κ1) is 29.7. The number of aryl methyl sites for hydroxylation is 1. The minimum absolute atomic E-state index is 0.105. The number of hydrogen-bond acceptors (Lipinski definition) is 6. The van der Waals surface area contributed by atoms with Gasteiger partial charge in [0.1, 0.15) is 5.75 Å². The van der Waals surface area contributed by atoms with Crippen LogP contribution in [0.2, 0.25) is 5.02 Å². The standard InChI is InChI=1S/C33H41ClN2O5S/c1-21-18-42(39)35-31(37)23-7-11-30-28(16-23)36(17-24-6-9-26(24)29(40-3)12-14-32(21,2)38)19-33(20-41-30)13-4-5-22-15-25(34)8-10-27(22)33/h7-8,10-12,14-16,21,24,26,29,38,42H,4-6,9,13,17-20H2,1-3H3/b14-12+/t21-,24+,26-,29+,32-,33+/m1/s1. The van der Waals surface area contributed by atoms with Gasteiger partial charge in [0.15, 0.2) is 0 Å². The number of methoxy groups -OCH3 is 1. The lowest BCUT2D eigenvalue weighted by molar-refractivity contribution is 0.0102. The predicted octanol–water partition coefficient (Wildman–Crippen LogP) is 5.62. The first-order valence-corrected chi connectivity index (χ1v) is 16.8. The molecule has 2 aromatic carbocycles. The molecule has 2 bridgehead atoms. The van der Waals surface area contributed by atoms with Gasteiger partial charge in [0.2, 0.25) is 0 Å². The molecule has 0 radical (unpaired) electrons. The summed E-state index contributed by atoms with van der Waals surface area (Å²) in [5.41, 5.74) is 2.41. The van der Waals surface area contributed by atoms with Crippen LogP contribution in [0.1, 0.15) is 61.0 Å². The van der Waals surface area contributed by atoms with Crippen LogP contribution in [-0.2, 0) is 27.2 Å². The van der Waals surface area contributed by atoms with Crippen LogP contribution in [0.3, 0.4) is 0 Å². The molecule has 9 heteroatoms. The summed E-state index contributed by atoms with van der Waals surface area (Å²) in [5, 5.41) is 11.9. The Labute approximate surface area is 255 Å². The summed E-state index contributed by atoms with van der Waals surface area (Å²) >= 11 is 6.41. The molecule has 2 aromatic rings. The van der Waals surface area contributed by atoms with Gasteiger partial charge in [-0.15, -0.1) is 0 Å². The molecule has 4 aliphatic rings. The number of fused-ring (bicyclic) bond motifs is 4. The highest BCUT2D eigenvalue weighted by Gasteiger charge is 2.44. The van der Waals surface area contributed by atoms with E-state index in [-0.39, 0.29) is 23.2 Å². The van der Waals surface area contributed by atoms with Crippen molar-refractivity contribution < 1.29 is 23.6 Å². The number of anilines is 1. The van der Waals surface area contributed by atoms with Gasteiger partial charge in [0.05, 0.1) is 24.0 Å². The molecule has 6 rings (SSSR count). The van der Waals surface area contributed by atoms with Crippen molar-refractivity contribution in [2.45, 2.75) is 63.1 Å². The highest BCUT2D eigenvalue weighted by atomic mass is 35.5. The fourth-order valence-corrected chi connectivity index (χ4v) is 8.69. The van der Waals surface area contributed by atoms with Crippen molar-refractivity contribution in [3.05, 3.63) is 70.3 Å². The van der Waals surface area contributed by atoms with E-state index in [1.807, 2.05) is 31.2 Å². The molecule has 1 saturated carbocycles. The van der Waals surface area contributed by atoms with Gasteiger partial charge >= 0.3 is 0 Å². The zero-order valence-corrected chi connectivity index (χ0v) is 26.2. The quantitative estimate of drug-likeness (QED) is 0.321. The van der Waals surface area contributed by atoms with Gasteiger partial charge in [-0.2, -0.15) is 4.36 Å². The van der Waals surface area contributed by atoms with Crippen LogP contribution >= 0.6 is 11.6 Å². The SMILES string of the molecule is CO[C@H]1/C=C/[C@@](C)(O)[C@H](C)C/[SH](=O)=N\C(=O)c2ccc3c(c2)N(C[C@@H]2CC[C@H]21)C[C@@]1(CCCc2cc(Cl)ccc21)CO3. The van der Waals surface area contributed by atoms with E-state index in [1.165, 1.54) is 11.1 Å². The monoisotopic (exact) mass is 612 g/mol. The average molecular weight is 613 g/mol.